The molecule has 0 bridgehead atoms. The molecule has 1 aromatic rings. The first kappa shape index (κ1) is 12.3. The molecule has 0 unspecified atom stereocenters. The summed E-state index contributed by atoms with van der Waals surface area (Å²) < 4.78 is 5.13. The number of nitrogen functional groups attached to an aromatic ring is 1. The van der Waals surface area contributed by atoms with E-state index in [4.69, 9.17) is 10.5 Å². The Morgan fingerprint density at radius 3 is 2.79 bits per heavy atom. The van der Waals surface area contributed by atoms with Gasteiger partial charge in [-0.1, -0.05) is 0 Å². The van der Waals surface area contributed by atoms with Crippen LogP contribution in [0.2, 0.25) is 0 Å². The molecule has 2 aliphatic carbocycles. The summed E-state index contributed by atoms with van der Waals surface area (Å²) in [5, 5.41) is 3.04. The lowest BCUT2D eigenvalue weighted by molar-refractivity contribution is 0.0943. The fourth-order valence-corrected chi connectivity index (χ4v) is 2.80. The Balaban J connectivity index is 1.66. The Bertz CT molecular complexity index is 505. The number of carbonyl (C=O) groups is 1. The molecule has 0 radical (unpaired) electrons. The number of anilines is 1. The van der Waals surface area contributed by atoms with Crippen LogP contribution in [0.5, 0.6) is 5.75 Å². The summed E-state index contributed by atoms with van der Waals surface area (Å²) in [6.45, 7) is 0.785. The standard InChI is InChI=1S/C15H20N2O2/c1-19-11-4-5-13(16)12(8-11)14(18)17-9-15(6-7-15)10-2-3-10/h4-5,8,10H,2-3,6-7,9,16H2,1H3,(H,17,18). The number of hydrogen-bond acceptors (Lipinski definition) is 3. The molecule has 0 aliphatic heterocycles. The summed E-state index contributed by atoms with van der Waals surface area (Å²) in [6, 6.07) is 5.17. The van der Waals surface area contributed by atoms with Crippen molar-refractivity contribution in [3.63, 3.8) is 0 Å². The highest BCUT2D eigenvalue weighted by atomic mass is 16.5. The SMILES string of the molecule is COc1ccc(N)c(C(=O)NCC2(C3CC3)CC2)c1. The number of amides is 1. The maximum Gasteiger partial charge on any atom is 0.253 e. The lowest BCUT2D eigenvalue weighted by atomic mass is 10.0. The van der Waals surface area contributed by atoms with E-state index in [1.807, 2.05) is 0 Å². The van der Waals surface area contributed by atoms with Gasteiger partial charge in [0.15, 0.2) is 0 Å². The molecule has 19 heavy (non-hydrogen) atoms. The maximum absolute atomic E-state index is 12.2. The Hall–Kier alpha value is -1.71. The Morgan fingerprint density at radius 2 is 2.21 bits per heavy atom. The number of methoxy groups -OCH3 is 1. The first-order chi connectivity index (χ1) is 9.14. The molecule has 0 aromatic heterocycles. The van der Waals surface area contributed by atoms with Crippen LogP contribution in [0.25, 0.3) is 0 Å². The number of hydrogen-bond donors (Lipinski definition) is 2. The number of benzene rings is 1. The molecule has 0 spiro atoms. The van der Waals surface area contributed by atoms with Crippen LogP contribution in [-0.4, -0.2) is 19.6 Å². The van der Waals surface area contributed by atoms with E-state index in [9.17, 15) is 4.79 Å². The van der Waals surface area contributed by atoms with Gasteiger partial charge in [0.1, 0.15) is 5.75 Å². The Labute approximate surface area is 113 Å². The molecular formula is C15H20N2O2. The van der Waals surface area contributed by atoms with Gasteiger partial charge >= 0.3 is 0 Å². The second-order valence-electron chi connectivity index (χ2n) is 5.77. The van der Waals surface area contributed by atoms with E-state index in [1.165, 1.54) is 25.7 Å². The number of rotatable bonds is 5. The van der Waals surface area contributed by atoms with Crippen molar-refractivity contribution in [3.8, 4) is 5.75 Å². The molecule has 3 rings (SSSR count). The normalized spacial score (nSPS) is 19.8. The molecule has 0 saturated heterocycles. The fourth-order valence-electron chi connectivity index (χ4n) is 2.80. The first-order valence-electron chi connectivity index (χ1n) is 6.86. The van der Waals surface area contributed by atoms with E-state index >= 15 is 0 Å². The van der Waals surface area contributed by atoms with Crippen LogP contribution >= 0.6 is 0 Å². The summed E-state index contributed by atoms with van der Waals surface area (Å²) in [4.78, 5) is 12.2. The largest absolute Gasteiger partial charge is 0.497 e. The highest BCUT2D eigenvalue weighted by molar-refractivity contribution is 5.99. The van der Waals surface area contributed by atoms with E-state index in [0.717, 1.165) is 12.5 Å². The predicted molar refractivity (Wildman–Crippen MR) is 74.1 cm³/mol. The summed E-state index contributed by atoms with van der Waals surface area (Å²) in [5.74, 6) is 1.40. The number of nitrogens with one attached hydrogen (secondary N) is 1. The molecule has 2 saturated carbocycles. The van der Waals surface area contributed by atoms with Crippen molar-refractivity contribution in [1.82, 2.24) is 5.32 Å². The zero-order valence-corrected chi connectivity index (χ0v) is 11.2. The van der Waals surface area contributed by atoms with Crippen molar-refractivity contribution in [2.24, 2.45) is 11.3 Å². The van der Waals surface area contributed by atoms with Crippen LogP contribution in [-0.2, 0) is 0 Å². The minimum absolute atomic E-state index is 0.0941. The minimum Gasteiger partial charge on any atom is -0.497 e. The van der Waals surface area contributed by atoms with Gasteiger partial charge < -0.3 is 15.8 Å². The molecule has 3 N–H and O–H groups in total. The van der Waals surface area contributed by atoms with E-state index in [2.05, 4.69) is 5.32 Å². The number of carbonyl (C=O) groups excluding carboxylic acids is 1. The van der Waals surface area contributed by atoms with Crippen molar-refractivity contribution < 1.29 is 9.53 Å². The molecule has 102 valence electrons. The minimum atomic E-state index is -0.0941. The van der Waals surface area contributed by atoms with Gasteiger partial charge in [-0.15, -0.1) is 0 Å². The first-order valence-corrected chi connectivity index (χ1v) is 6.86. The summed E-state index contributed by atoms with van der Waals surface area (Å²) >= 11 is 0. The van der Waals surface area contributed by atoms with Crippen molar-refractivity contribution in [2.75, 3.05) is 19.4 Å². The van der Waals surface area contributed by atoms with E-state index < -0.39 is 0 Å². The zero-order chi connectivity index (χ0) is 13.5. The topological polar surface area (TPSA) is 64.3 Å². The molecule has 0 heterocycles. The van der Waals surface area contributed by atoms with Crippen molar-refractivity contribution in [2.45, 2.75) is 25.7 Å². The van der Waals surface area contributed by atoms with Gasteiger partial charge in [0.2, 0.25) is 0 Å². The molecule has 1 amide bonds. The van der Waals surface area contributed by atoms with Crippen LogP contribution in [0, 0.1) is 11.3 Å². The van der Waals surface area contributed by atoms with Gasteiger partial charge in [-0.3, -0.25) is 4.79 Å². The molecule has 4 nitrogen and oxygen atoms in total. The number of nitrogens with two attached hydrogens (primary N) is 1. The van der Waals surface area contributed by atoms with Crippen molar-refractivity contribution >= 4 is 11.6 Å². The second kappa shape index (κ2) is 4.44. The number of ether oxygens (including phenoxy) is 1. The molecule has 0 atom stereocenters. The zero-order valence-electron chi connectivity index (χ0n) is 11.2. The highest BCUT2D eigenvalue weighted by Crippen LogP contribution is 2.60. The monoisotopic (exact) mass is 260 g/mol. The average Bonchev–Trinajstić information content (AvgIpc) is 3.28. The van der Waals surface area contributed by atoms with Crippen LogP contribution in [0.3, 0.4) is 0 Å². The van der Waals surface area contributed by atoms with Crippen molar-refractivity contribution in [1.29, 1.82) is 0 Å². The molecule has 1 aromatic carbocycles. The third-order valence-corrected chi connectivity index (χ3v) is 4.44. The molecule has 4 heteroatoms. The van der Waals surface area contributed by atoms with Crippen LogP contribution in [0.1, 0.15) is 36.0 Å². The van der Waals surface area contributed by atoms with Crippen LogP contribution in [0.4, 0.5) is 5.69 Å². The quantitative estimate of drug-likeness (QED) is 0.798. The van der Waals surface area contributed by atoms with Crippen LogP contribution < -0.4 is 15.8 Å². The van der Waals surface area contributed by atoms with E-state index in [0.29, 0.717) is 22.4 Å². The van der Waals surface area contributed by atoms with Gasteiger partial charge in [-0.05, 0) is 55.2 Å². The van der Waals surface area contributed by atoms with Crippen LogP contribution in [0.15, 0.2) is 18.2 Å². The third-order valence-electron chi connectivity index (χ3n) is 4.44. The lowest BCUT2D eigenvalue weighted by Gasteiger charge is -2.15. The van der Waals surface area contributed by atoms with Gasteiger partial charge in [-0.25, -0.2) is 0 Å². The van der Waals surface area contributed by atoms with E-state index in [1.54, 1.807) is 25.3 Å². The van der Waals surface area contributed by atoms with Gasteiger partial charge in [0.25, 0.3) is 5.91 Å². The van der Waals surface area contributed by atoms with Gasteiger partial charge in [-0.2, -0.15) is 0 Å². The van der Waals surface area contributed by atoms with Gasteiger partial charge in [0, 0.05) is 12.2 Å². The molecule has 2 aliphatic rings. The smallest absolute Gasteiger partial charge is 0.253 e. The Kier molecular flexibility index (Phi) is 2.88. The highest BCUT2D eigenvalue weighted by Gasteiger charge is 2.53. The lowest BCUT2D eigenvalue weighted by Crippen LogP contribution is -2.31. The second-order valence-corrected chi connectivity index (χ2v) is 5.77. The predicted octanol–water partition coefficient (Wildman–Crippen LogP) is 2.20. The summed E-state index contributed by atoms with van der Waals surface area (Å²) in [7, 11) is 1.58. The third kappa shape index (κ3) is 2.39. The Morgan fingerprint density at radius 1 is 1.47 bits per heavy atom. The van der Waals surface area contributed by atoms with Crippen molar-refractivity contribution in [3.05, 3.63) is 23.8 Å². The molecular weight excluding hydrogens is 240 g/mol. The van der Waals surface area contributed by atoms with Gasteiger partial charge in [0.05, 0.1) is 12.7 Å². The molecule has 2 fully saturated rings. The summed E-state index contributed by atoms with van der Waals surface area (Å²) in [5.41, 5.74) is 7.26. The fraction of sp³-hybridized carbons (Fsp3) is 0.533. The average molecular weight is 260 g/mol. The summed E-state index contributed by atoms with van der Waals surface area (Å²) in [6.07, 6.45) is 5.17. The maximum atomic E-state index is 12.2. The van der Waals surface area contributed by atoms with E-state index in [-0.39, 0.29) is 5.91 Å².